The number of amides is 2. The molecule has 2 aromatic rings. The molecule has 1 fully saturated rings. The Morgan fingerprint density at radius 2 is 1.62 bits per heavy atom. The second kappa shape index (κ2) is 9.88. The van der Waals surface area contributed by atoms with Gasteiger partial charge in [-0.25, -0.2) is 0 Å². The van der Waals surface area contributed by atoms with E-state index in [9.17, 15) is 9.59 Å². The number of rotatable bonds is 3. The van der Waals surface area contributed by atoms with Crippen LogP contribution in [0.5, 0.6) is 0 Å². The minimum atomic E-state index is -0.355. The molecule has 32 heavy (non-hydrogen) atoms. The van der Waals surface area contributed by atoms with Crippen LogP contribution < -0.4 is 15.5 Å². The number of carbonyl (C=O) groups excluding carboxylic acids is 2. The number of benzene rings is 2. The van der Waals surface area contributed by atoms with Gasteiger partial charge in [-0.15, -0.1) is 0 Å². The van der Waals surface area contributed by atoms with E-state index in [1.165, 1.54) is 0 Å². The zero-order valence-electron chi connectivity index (χ0n) is 18.9. The van der Waals surface area contributed by atoms with E-state index in [0.29, 0.717) is 23.7 Å². The third kappa shape index (κ3) is 5.99. The van der Waals surface area contributed by atoms with E-state index < -0.39 is 0 Å². The van der Waals surface area contributed by atoms with Crippen molar-refractivity contribution in [1.82, 2.24) is 10.2 Å². The van der Waals surface area contributed by atoms with Crippen LogP contribution in [0.1, 0.15) is 36.7 Å². The molecule has 3 rings (SSSR count). The Morgan fingerprint density at radius 1 is 1.00 bits per heavy atom. The van der Waals surface area contributed by atoms with Crippen LogP contribution in [-0.2, 0) is 4.79 Å². The summed E-state index contributed by atoms with van der Waals surface area (Å²) in [4.78, 5) is 29.1. The van der Waals surface area contributed by atoms with E-state index in [1.54, 1.807) is 12.1 Å². The monoisotopic (exact) mass is 472 g/mol. The maximum atomic E-state index is 12.5. The van der Waals surface area contributed by atoms with Gasteiger partial charge in [0, 0.05) is 43.0 Å². The fourth-order valence-electron chi connectivity index (χ4n) is 3.53. The number of thiocarbonyl (C=S) groups is 1. The Bertz CT molecular complexity index is 1010. The molecule has 0 aliphatic carbocycles. The summed E-state index contributed by atoms with van der Waals surface area (Å²) in [6, 6.07) is 13.1. The predicted molar refractivity (Wildman–Crippen MR) is 135 cm³/mol. The largest absolute Gasteiger partial charge is 0.368 e. The number of anilines is 2. The van der Waals surface area contributed by atoms with E-state index in [-0.39, 0.29) is 22.3 Å². The van der Waals surface area contributed by atoms with Gasteiger partial charge in [-0.2, -0.15) is 0 Å². The minimum absolute atomic E-state index is 0.194. The number of carbonyl (C=O) groups is 2. The molecule has 0 spiro atoms. The number of hydrogen-bond donors (Lipinski definition) is 2. The molecule has 2 aromatic carbocycles. The molecule has 1 heterocycles. The summed E-state index contributed by atoms with van der Waals surface area (Å²) in [5, 5.41) is 6.28. The Balaban J connectivity index is 1.53. The Labute approximate surface area is 199 Å². The highest BCUT2D eigenvalue weighted by atomic mass is 35.5. The molecular formula is C24H29ClN4O2S. The van der Waals surface area contributed by atoms with Crippen molar-refractivity contribution in [2.24, 2.45) is 5.41 Å². The number of piperazine rings is 1. The molecule has 1 aliphatic rings. The molecule has 0 unspecified atom stereocenters. The first-order valence-corrected chi connectivity index (χ1v) is 11.4. The van der Waals surface area contributed by atoms with Crippen molar-refractivity contribution in [3.8, 4) is 0 Å². The van der Waals surface area contributed by atoms with Gasteiger partial charge in [0.2, 0.25) is 5.91 Å². The summed E-state index contributed by atoms with van der Waals surface area (Å²) < 4.78 is 0. The van der Waals surface area contributed by atoms with Gasteiger partial charge in [-0.05, 0) is 61.1 Å². The number of nitrogens with zero attached hydrogens (tertiary/aromatic N) is 2. The fraction of sp³-hybridized carbons (Fsp3) is 0.375. The molecule has 0 bridgehead atoms. The van der Waals surface area contributed by atoms with Crippen molar-refractivity contribution in [2.45, 2.75) is 27.7 Å². The Morgan fingerprint density at radius 3 is 2.19 bits per heavy atom. The van der Waals surface area contributed by atoms with E-state index >= 15 is 0 Å². The van der Waals surface area contributed by atoms with Crippen molar-refractivity contribution in [2.75, 3.05) is 36.4 Å². The number of halogens is 1. The van der Waals surface area contributed by atoms with Gasteiger partial charge >= 0.3 is 0 Å². The van der Waals surface area contributed by atoms with Crippen molar-refractivity contribution in [1.29, 1.82) is 0 Å². The molecule has 1 aliphatic heterocycles. The third-order valence-corrected chi connectivity index (χ3v) is 5.81. The van der Waals surface area contributed by atoms with E-state index in [2.05, 4.69) is 15.5 Å². The molecule has 0 aromatic heterocycles. The SMILES string of the molecule is Cc1ccc(C(=O)NC(=S)Nc2ccc(N3CCN(C(=O)C(C)(C)C)CC3)cc2)c(Cl)c1. The van der Waals surface area contributed by atoms with E-state index in [0.717, 1.165) is 30.0 Å². The van der Waals surface area contributed by atoms with Crippen molar-refractivity contribution in [3.05, 3.63) is 58.6 Å². The summed E-state index contributed by atoms with van der Waals surface area (Å²) in [7, 11) is 0. The first-order chi connectivity index (χ1) is 15.0. The summed E-state index contributed by atoms with van der Waals surface area (Å²) in [5.41, 5.74) is 2.86. The number of aryl methyl sites for hydroxylation is 1. The Kier molecular flexibility index (Phi) is 7.41. The zero-order valence-corrected chi connectivity index (χ0v) is 20.4. The second-order valence-electron chi connectivity index (χ2n) is 8.97. The summed E-state index contributed by atoms with van der Waals surface area (Å²) in [5.74, 6) is -0.161. The Hall–Kier alpha value is -2.64. The molecule has 2 amide bonds. The smallest absolute Gasteiger partial charge is 0.258 e. The highest BCUT2D eigenvalue weighted by molar-refractivity contribution is 7.80. The first-order valence-electron chi connectivity index (χ1n) is 10.6. The molecule has 2 N–H and O–H groups in total. The lowest BCUT2D eigenvalue weighted by Crippen LogP contribution is -2.51. The minimum Gasteiger partial charge on any atom is -0.368 e. The molecule has 0 saturated carbocycles. The second-order valence-corrected chi connectivity index (χ2v) is 9.78. The third-order valence-electron chi connectivity index (χ3n) is 5.30. The van der Waals surface area contributed by atoms with Gasteiger partial charge in [0.05, 0.1) is 10.6 Å². The van der Waals surface area contributed by atoms with Crippen LogP contribution in [0.4, 0.5) is 11.4 Å². The van der Waals surface area contributed by atoms with Crippen LogP contribution in [0, 0.1) is 12.3 Å². The van der Waals surface area contributed by atoms with Crippen LogP contribution in [0.15, 0.2) is 42.5 Å². The van der Waals surface area contributed by atoms with Crippen LogP contribution in [0.25, 0.3) is 0 Å². The maximum Gasteiger partial charge on any atom is 0.258 e. The summed E-state index contributed by atoms with van der Waals surface area (Å²) in [6.45, 7) is 10.8. The lowest BCUT2D eigenvalue weighted by molar-refractivity contribution is -0.139. The van der Waals surface area contributed by atoms with Crippen LogP contribution >= 0.6 is 23.8 Å². The van der Waals surface area contributed by atoms with Crippen LogP contribution in [0.2, 0.25) is 5.02 Å². The lowest BCUT2D eigenvalue weighted by atomic mass is 9.94. The predicted octanol–water partition coefficient (Wildman–Crippen LogP) is 4.47. The van der Waals surface area contributed by atoms with Gasteiger partial charge < -0.3 is 15.1 Å². The van der Waals surface area contributed by atoms with Gasteiger partial charge in [-0.1, -0.05) is 38.4 Å². The van der Waals surface area contributed by atoms with Gasteiger partial charge in [0.1, 0.15) is 0 Å². The lowest BCUT2D eigenvalue weighted by Gasteiger charge is -2.38. The number of hydrogen-bond acceptors (Lipinski definition) is 4. The van der Waals surface area contributed by atoms with Crippen LogP contribution in [-0.4, -0.2) is 48.0 Å². The quantitative estimate of drug-likeness (QED) is 0.645. The van der Waals surface area contributed by atoms with Gasteiger partial charge in [0.25, 0.3) is 5.91 Å². The molecule has 0 radical (unpaired) electrons. The highest BCUT2D eigenvalue weighted by Crippen LogP contribution is 2.23. The average Bonchev–Trinajstić information content (AvgIpc) is 2.73. The normalized spacial score (nSPS) is 14.2. The summed E-state index contributed by atoms with van der Waals surface area (Å²) in [6.07, 6.45) is 0. The average molecular weight is 473 g/mol. The maximum absolute atomic E-state index is 12.5. The summed E-state index contributed by atoms with van der Waals surface area (Å²) >= 11 is 11.4. The van der Waals surface area contributed by atoms with Gasteiger partial charge in [0.15, 0.2) is 5.11 Å². The molecule has 0 atom stereocenters. The van der Waals surface area contributed by atoms with Crippen molar-refractivity contribution < 1.29 is 9.59 Å². The van der Waals surface area contributed by atoms with Gasteiger partial charge in [-0.3, -0.25) is 14.9 Å². The zero-order chi connectivity index (χ0) is 23.5. The number of nitrogens with one attached hydrogen (secondary N) is 2. The fourth-order valence-corrected chi connectivity index (χ4v) is 4.07. The van der Waals surface area contributed by atoms with Crippen molar-refractivity contribution in [3.63, 3.8) is 0 Å². The molecule has 1 saturated heterocycles. The topological polar surface area (TPSA) is 64.7 Å². The molecular weight excluding hydrogens is 444 g/mol. The molecule has 170 valence electrons. The highest BCUT2D eigenvalue weighted by Gasteiger charge is 2.29. The standard InChI is InChI=1S/C24H29ClN4O2S/c1-16-5-10-19(20(25)15-16)21(30)27-23(32)26-17-6-8-18(9-7-17)28-11-13-29(14-12-28)22(31)24(2,3)4/h5-10,15H,11-14H2,1-4H3,(H2,26,27,30,32). The van der Waals surface area contributed by atoms with Crippen LogP contribution in [0.3, 0.4) is 0 Å². The van der Waals surface area contributed by atoms with Crippen molar-refractivity contribution >= 4 is 52.1 Å². The molecule has 8 heteroatoms. The van der Waals surface area contributed by atoms with E-state index in [4.69, 9.17) is 23.8 Å². The first kappa shape index (κ1) is 24.0. The molecule has 6 nitrogen and oxygen atoms in total. The van der Waals surface area contributed by atoms with E-state index in [1.807, 2.05) is 62.9 Å².